The van der Waals surface area contributed by atoms with E-state index in [9.17, 15) is 4.79 Å². The van der Waals surface area contributed by atoms with Crippen LogP contribution in [0.3, 0.4) is 0 Å². The van der Waals surface area contributed by atoms with Crippen LogP contribution in [0.2, 0.25) is 0 Å². The summed E-state index contributed by atoms with van der Waals surface area (Å²) < 4.78 is 2.14. The van der Waals surface area contributed by atoms with Crippen molar-refractivity contribution in [3.8, 4) is 0 Å². The minimum Gasteiger partial charge on any atom is -0.350 e. The fraction of sp³-hybridized carbons (Fsp3) is 0.471. The van der Waals surface area contributed by atoms with Gasteiger partial charge in [-0.2, -0.15) is 0 Å². The maximum atomic E-state index is 12.3. The number of carbonyl (C=O) groups is 1. The lowest BCUT2D eigenvalue weighted by molar-refractivity contribution is -0.132. The molecule has 4 nitrogen and oxygen atoms in total. The summed E-state index contributed by atoms with van der Waals surface area (Å²) >= 11 is 0. The fourth-order valence-electron chi connectivity index (χ4n) is 3.08. The molecule has 1 amide bonds. The molecule has 0 bridgehead atoms. The Bertz CT molecular complexity index is 639. The van der Waals surface area contributed by atoms with Gasteiger partial charge in [-0.05, 0) is 25.1 Å². The largest absolute Gasteiger partial charge is 0.350 e. The SMILES string of the molecule is CN1CCN(C(=O)CCc2cn(C)c3ccccc23)CC1. The zero-order valence-corrected chi connectivity index (χ0v) is 12.9. The molecule has 0 atom stereocenters. The Balaban J connectivity index is 1.65. The van der Waals surface area contributed by atoms with Crippen LogP contribution in [0.1, 0.15) is 12.0 Å². The van der Waals surface area contributed by atoms with E-state index in [-0.39, 0.29) is 5.91 Å². The van der Waals surface area contributed by atoms with Gasteiger partial charge in [0.1, 0.15) is 0 Å². The summed E-state index contributed by atoms with van der Waals surface area (Å²) in [5, 5.41) is 1.27. The third-order valence-electron chi connectivity index (χ3n) is 4.44. The summed E-state index contributed by atoms with van der Waals surface area (Å²) in [6.45, 7) is 3.70. The topological polar surface area (TPSA) is 28.5 Å². The fourth-order valence-corrected chi connectivity index (χ4v) is 3.08. The predicted molar refractivity (Wildman–Crippen MR) is 85.3 cm³/mol. The van der Waals surface area contributed by atoms with Crippen molar-refractivity contribution >= 4 is 16.8 Å². The maximum Gasteiger partial charge on any atom is 0.222 e. The average Bonchev–Trinajstić information content (AvgIpc) is 2.83. The van der Waals surface area contributed by atoms with Crippen LogP contribution in [-0.2, 0) is 18.3 Å². The molecule has 2 heterocycles. The number of hydrogen-bond acceptors (Lipinski definition) is 2. The van der Waals surface area contributed by atoms with Gasteiger partial charge in [0, 0.05) is 56.7 Å². The summed E-state index contributed by atoms with van der Waals surface area (Å²) in [7, 11) is 4.17. The molecule has 0 saturated carbocycles. The second-order valence-corrected chi connectivity index (χ2v) is 5.97. The van der Waals surface area contributed by atoms with Gasteiger partial charge in [-0.1, -0.05) is 18.2 Å². The highest BCUT2D eigenvalue weighted by atomic mass is 16.2. The van der Waals surface area contributed by atoms with Gasteiger partial charge < -0.3 is 14.4 Å². The zero-order chi connectivity index (χ0) is 14.8. The number of para-hydroxylation sites is 1. The van der Waals surface area contributed by atoms with Crippen molar-refractivity contribution in [2.75, 3.05) is 33.2 Å². The molecule has 4 heteroatoms. The van der Waals surface area contributed by atoms with Gasteiger partial charge in [-0.3, -0.25) is 4.79 Å². The predicted octanol–water partition coefficient (Wildman–Crippen LogP) is 1.88. The molecular formula is C17H23N3O. The molecule has 1 aromatic carbocycles. The Kier molecular flexibility index (Phi) is 3.97. The first kappa shape index (κ1) is 14.1. The number of aryl methyl sites for hydroxylation is 2. The summed E-state index contributed by atoms with van der Waals surface area (Å²) in [6, 6.07) is 8.39. The van der Waals surface area contributed by atoms with Crippen LogP contribution < -0.4 is 0 Å². The summed E-state index contributed by atoms with van der Waals surface area (Å²) in [4.78, 5) is 16.6. The first-order valence-corrected chi connectivity index (χ1v) is 7.64. The van der Waals surface area contributed by atoms with Crippen molar-refractivity contribution in [2.24, 2.45) is 7.05 Å². The summed E-state index contributed by atoms with van der Waals surface area (Å²) in [5.74, 6) is 0.288. The van der Waals surface area contributed by atoms with Crippen molar-refractivity contribution in [2.45, 2.75) is 12.8 Å². The molecule has 3 rings (SSSR count). The summed E-state index contributed by atoms with van der Waals surface area (Å²) in [5.41, 5.74) is 2.51. The highest BCUT2D eigenvalue weighted by molar-refractivity contribution is 5.85. The van der Waals surface area contributed by atoms with Crippen LogP contribution in [-0.4, -0.2) is 53.5 Å². The third kappa shape index (κ3) is 2.95. The third-order valence-corrected chi connectivity index (χ3v) is 4.44. The van der Waals surface area contributed by atoms with Gasteiger partial charge in [-0.25, -0.2) is 0 Å². The number of likely N-dealkylation sites (N-methyl/N-ethyl adjacent to an activating group) is 1. The molecular weight excluding hydrogens is 262 g/mol. The molecule has 1 aliphatic heterocycles. The highest BCUT2D eigenvalue weighted by Gasteiger charge is 2.19. The lowest BCUT2D eigenvalue weighted by Gasteiger charge is -2.32. The van der Waals surface area contributed by atoms with Gasteiger partial charge in [0.2, 0.25) is 5.91 Å². The van der Waals surface area contributed by atoms with Crippen LogP contribution in [0, 0.1) is 0 Å². The number of fused-ring (bicyclic) bond motifs is 1. The zero-order valence-electron chi connectivity index (χ0n) is 12.9. The number of benzene rings is 1. The number of carbonyl (C=O) groups excluding carboxylic acids is 1. The normalized spacial score (nSPS) is 16.6. The van der Waals surface area contributed by atoms with Gasteiger partial charge in [-0.15, -0.1) is 0 Å². The van der Waals surface area contributed by atoms with Crippen LogP contribution >= 0.6 is 0 Å². The van der Waals surface area contributed by atoms with E-state index >= 15 is 0 Å². The smallest absolute Gasteiger partial charge is 0.222 e. The minimum atomic E-state index is 0.288. The Hall–Kier alpha value is -1.81. The first-order valence-electron chi connectivity index (χ1n) is 7.64. The molecule has 1 aromatic heterocycles. The van der Waals surface area contributed by atoms with Crippen molar-refractivity contribution in [1.82, 2.24) is 14.4 Å². The average molecular weight is 285 g/mol. The molecule has 1 aliphatic rings. The number of aromatic nitrogens is 1. The van der Waals surface area contributed by atoms with Crippen LogP contribution in [0.4, 0.5) is 0 Å². The molecule has 112 valence electrons. The molecule has 1 fully saturated rings. The Morgan fingerprint density at radius 2 is 1.81 bits per heavy atom. The van der Waals surface area contributed by atoms with Crippen molar-refractivity contribution in [3.63, 3.8) is 0 Å². The molecule has 0 radical (unpaired) electrons. The molecule has 1 saturated heterocycles. The summed E-state index contributed by atoms with van der Waals surface area (Å²) in [6.07, 6.45) is 3.59. The quantitative estimate of drug-likeness (QED) is 0.861. The Labute approximate surface area is 125 Å². The van der Waals surface area contributed by atoms with Crippen molar-refractivity contribution < 1.29 is 4.79 Å². The molecule has 21 heavy (non-hydrogen) atoms. The molecule has 0 N–H and O–H groups in total. The number of amides is 1. The maximum absolute atomic E-state index is 12.3. The van der Waals surface area contributed by atoms with E-state index in [1.807, 2.05) is 4.90 Å². The Morgan fingerprint density at radius 1 is 1.10 bits per heavy atom. The van der Waals surface area contributed by atoms with Crippen LogP contribution in [0.5, 0.6) is 0 Å². The van der Waals surface area contributed by atoms with E-state index in [1.54, 1.807) is 0 Å². The van der Waals surface area contributed by atoms with E-state index in [2.05, 4.69) is 54.0 Å². The van der Waals surface area contributed by atoms with Crippen molar-refractivity contribution in [3.05, 3.63) is 36.0 Å². The molecule has 0 aliphatic carbocycles. The highest BCUT2D eigenvalue weighted by Crippen LogP contribution is 2.21. The first-order chi connectivity index (χ1) is 10.1. The van der Waals surface area contributed by atoms with E-state index in [1.165, 1.54) is 16.5 Å². The number of rotatable bonds is 3. The number of nitrogens with zero attached hydrogens (tertiary/aromatic N) is 3. The van der Waals surface area contributed by atoms with Gasteiger partial charge in [0.15, 0.2) is 0 Å². The van der Waals surface area contributed by atoms with E-state index in [4.69, 9.17) is 0 Å². The van der Waals surface area contributed by atoms with Crippen LogP contribution in [0.15, 0.2) is 30.5 Å². The molecule has 2 aromatic rings. The van der Waals surface area contributed by atoms with Gasteiger partial charge in [0.05, 0.1) is 0 Å². The molecule has 0 spiro atoms. The van der Waals surface area contributed by atoms with Gasteiger partial charge in [0.25, 0.3) is 0 Å². The van der Waals surface area contributed by atoms with E-state index < -0.39 is 0 Å². The minimum absolute atomic E-state index is 0.288. The second kappa shape index (κ2) is 5.90. The lowest BCUT2D eigenvalue weighted by atomic mass is 10.1. The number of hydrogen-bond donors (Lipinski definition) is 0. The standard InChI is InChI=1S/C17H23N3O/c1-18-9-11-20(12-10-18)17(21)8-7-14-13-19(2)16-6-4-3-5-15(14)16/h3-6,13H,7-12H2,1-2H3. The second-order valence-electron chi connectivity index (χ2n) is 5.97. The lowest BCUT2D eigenvalue weighted by Crippen LogP contribution is -2.47. The Morgan fingerprint density at radius 3 is 2.57 bits per heavy atom. The van der Waals surface area contributed by atoms with E-state index in [0.717, 1.165) is 32.6 Å². The van der Waals surface area contributed by atoms with E-state index in [0.29, 0.717) is 6.42 Å². The van der Waals surface area contributed by atoms with Gasteiger partial charge >= 0.3 is 0 Å². The number of piperazine rings is 1. The molecule has 0 unspecified atom stereocenters. The van der Waals surface area contributed by atoms with Crippen LogP contribution in [0.25, 0.3) is 10.9 Å². The monoisotopic (exact) mass is 285 g/mol. The van der Waals surface area contributed by atoms with Crippen molar-refractivity contribution in [1.29, 1.82) is 0 Å².